The summed E-state index contributed by atoms with van der Waals surface area (Å²) >= 11 is 0. The van der Waals surface area contributed by atoms with Crippen LogP contribution in [0.1, 0.15) is 444 Å². The van der Waals surface area contributed by atoms with E-state index in [2.05, 4.69) is 43.5 Å². The third-order valence-electron chi connectivity index (χ3n) is 20.7. The number of carbonyl (C=O) groups is 2. The molecule has 0 radical (unpaired) electrons. The molecule has 6 N–H and O–H groups in total. The maximum Gasteiger partial charge on any atom is 0.305 e. The second-order valence-corrected chi connectivity index (χ2v) is 30.2. The quantitative estimate of drug-likeness (QED) is 0.0195. The van der Waals surface area contributed by atoms with E-state index in [9.17, 15) is 35.1 Å². The van der Waals surface area contributed by atoms with E-state index in [1.165, 1.54) is 353 Å². The van der Waals surface area contributed by atoms with E-state index in [1.807, 2.05) is 6.08 Å². The van der Waals surface area contributed by atoms with Crippen LogP contribution in [-0.2, 0) is 23.8 Å². The van der Waals surface area contributed by atoms with Crippen molar-refractivity contribution < 1.29 is 49.3 Å². The number of aliphatic hydroxyl groups excluding tert-OH is 5. The van der Waals surface area contributed by atoms with Gasteiger partial charge in [-0.1, -0.05) is 403 Å². The van der Waals surface area contributed by atoms with Crippen molar-refractivity contribution in [2.75, 3.05) is 19.8 Å². The third kappa shape index (κ3) is 63.6. The van der Waals surface area contributed by atoms with Gasteiger partial charge in [0.1, 0.15) is 24.4 Å². The highest BCUT2D eigenvalue weighted by Gasteiger charge is 2.44. The van der Waals surface area contributed by atoms with Crippen molar-refractivity contribution in [3.63, 3.8) is 0 Å². The van der Waals surface area contributed by atoms with E-state index in [0.717, 1.165) is 64.2 Å². The van der Waals surface area contributed by atoms with Crippen LogP contribution in [0.2, 0.25) is 0 Å². The van der Waals surface area contributed by atoms with Crippen LogP contribution in [0.25, 0.3) is 0 Å². The highest BCUT2D eigenvalue weighted by atomic mass is 16.7. The molecule has 578 valence electrons. The SMILES string of the molecule is CCCCCC/C=C\C/C=C\CCCCCCCC(=O)OCCCCCCCCCCCCCCCCCCCCCCCCCCCCCCCCCCCCCCCCCC(=O)NC(COC1OC(CO)C(O)C(O)C1O)C(O)/C=C/CCCCCCCCCCCCCCC. The van der Waals surface area contributed by atoms with Gasteiger partial charge >= 0.3 is 5.97 Å². The zero-order chi connectivity index (χ0) is 70.8. The maximum absolute atomic E-state index is 13.1. The minimum Gasteiger partial charge on any atom is -0.466 e. The lowest BCUT2D eigenvalue weighted by atomic mass is 9.99. The molecule has 7 unspecified atom stereocenters. The number of carbonyl (C=O) groups excluding carboxylic acids is 2. The van der Waals surface area contributed by atoms with Crippen LogP contribution in [-0.4, -0.2) is 100 Å². The predicted molar refractivity (Wildman–Crippen MR) is 417 cm³/mol. The standard InChI is InChI=1S/C87H165NO10/c1-3-5-7-9-11-13-15-17-19-47-51-55-59-63-67-71-75-83(92)96-76-72-68-64-60-56-52-48-44-42-40-38-36-34-32-30-28-26-24-22-20-21-23-25-27-29-31-33-35-37-39-41-43-46-50-54-58-62-66-70-74-82(91)88-79(78-97-87-86(95)85(94)84(93)81(77-89)98-87)80(90)73-69-65-61-57-53-49-45-18-16-14-12-10-8-6-4-2/h13,15,19,47,69,73,79-81,84-87,89-90,93-95H,3-12,14,16-18,20-46,48-68,70-72,74-78H2,1-2H3,(H,88,91)/b15-13-,47-19-,73-69+. The minimum atomic E-state index is -1.57. The average Bonchev–Trinajstić information content (AvgIpc) is 0.827. The largest absolute Gasteiger partial charge is 0.466 e. The average molecular weight is 1390 g/mol. The molecule has 0 aliphatic carbocycles. The molecular formula is C87H165NO10. The molecule has 0 bridgehead atoms. The van der Waals surface area contributed by atoms with E-state index in [-0.39, 0.29) is 18.5 Å². The minimum absolute atomic E-state index is 0.00561. The summed E-state index contributed by atoms with van der Waals surface area (Å²) in [6, 6.07) is -0.806. The molecule has 11 heteroatoms. The third-order valence-corrected chi connectivity index (χ3v) is 20.7. The molecular weight excluding hydrogens is 1220 g/mol. The van der Waals surface area contributed by atoms with E-state index < -0.39 is 49.5 Å². The first-order valence-electron chi connectivity index (χ1n) is 43.3. The number of ether oxygens (including phenoxy) is 3. The van der Waals surface area contributed by atoms with Gasteiger partial charge in [-0.25, -0.2) is 0 Å². The van der Waals surface area contributed by atoms with Gasteiger partial charge in [0, 0.05) is 12.8 Å². The Morgan fingerprint density at radius 2 is 0.684 bits per heavy atom. The normalized spacial score (nSPS) is 17.3. The van der Waals surface area contributed by atoms with Gasteiger partial charge in [-0.15, -0.1) is 0 Å². The van der Waals surface area contributed by atoms with Crippen molar-refractivity contribution in [2.45, 2.75) is 487 Å². The van der Waals surface area contributed by atoms with Crippen molar-refractivity contribution in [3.8, 4) is 0 Å². The molecule has 1 aliphatic rings. The van der Waals surface area contributed by atoms with Crippen molar-refractivity contribution in [3.05, 3.63) is 36.5 Å². The molecule has 1 saturated heterocycles. The zero-order valence-corrected chi connectivity index (χ0v) is 64.8. The second kappa shape index (κ2) is 76.0. The summed E-state index contributed by atoms with van der Waals surface area (Å²) in [6.07, 6.45) is 90.5. The molecule has 0 aromatic carbocycles. The number of allylic oxidation sites excluding steroid dienone is 5. The topological polar surface area (TPSA) is 175 Å². The Balaban J connectivity index is 1.87. The summed E-state index contributed by atoms with van der Waals surface area (Å²) in [5.74, 6) is -0.166. The zero-order valence-electron chi connectivity index (χ0n) is 64.8. The van der Waals surface area contributed by atoms with Crippen LogP contribution in [0.15, 0.2) is 36.5 Å². The predicted octanol–water partition coefficient (Wildman–Crippen LogP) is 24.0. The van der Waals surface area contributed by atoms with Gasteiger partial charge in [0.25, 0.3) is 0 Å². The van der Waals surface area contributed by atoms with Gasteiger partial charge in [0.2, 0.25) is 5.91 Å². The number of rotatable bonds is 78. The lowest BCUT2D eigenvalue weighted by molar-refractivity contribution is -0.302. The molecule has 1 aliphatic heterocycles. The molecule has 1 rings (SSSR count). The fourth-order valence-electron chi connectivity index (χ4n) is 14.0. The number of amides is 1. The van der Waals surface area contributed by atoms with Crippen LogP contribution in [0.4, 0.5) is 0 Å². The number of aliphatic hydroxyl groups is 5. The Kier molecular flexibility index (Phi) is 72.8. The fraction of sp³-hybridized carbons (Fsp3) is 0.908. The fourth-order valence-corrected chi connectivity index (χ4v) is 14.0. The lowest BCUT2D eigenvalue weighted by Crippen LogP contribution is -2.60. The molecule has 0 saturated carbocycles. The van der Waals surface area contributed by atoms with Crippen molar-refractivity contribution in [1.29, 1.82) is 0 Å². The molecule has 1 heterocycles. The van der Waals surface area contributed by atoms with Crippen LogP contribution >= 0.6 is 0 Å². The first kappa shape index (κ1) is 93.9. The van der Waals surface area contributed by atoms with Gasteiger partial charge in [-0.3, -0.25) is 9.59 Å². The molecule has 0 spiro atoms. The monoisotopic (exact) mass is 1380 g/mol. The molecule has 7 atom stereocenters. The molecule has 0 aromatic heterocycles. The van der Waals surface area contributed by atoms with E-state index in [0.29, 0.717) is 19.4 Å². The Labute approximate surface area is 606 Å². The molecule has 11 nitrogen and oxygen atoms in total. The Morgan fingerprint density at radius 1 is 0.378 bits per heavy atom. The van der Waals surface area contributed by atoms with Crippen molar-refractivity contribution >= 4 is 11.9 Å². The van der Waals surface area contributed by atoms with E-state index in [1.54, 1.807) is 6.08 Å². The van der Waals surface area contributed by atoms with Gasteiger partial charge in [0.15, 0.2) is 6.29 Å². The van der Waals surface area contributed by atoms with Gasteiger partial charge in [-0.05, 0) is 64.2 Å². The summed E-state index contributed by atoms with van der Waals surface area (Å²) in [4.78, 5) is 25.2. The van der Waals surface area contributed by atoms with Crippen LogP contribution < -0.4 is 5.32 Å². The number of unbranched alkanes of at least 4 members (excludes halogenated alkanes) is 60. The maximum atomic E-state index is 13.1. The summed E-state index contributed by atoms with van der Waals surface area (Å²) in [5, 5.41) is 54.7. The molecule has 1 fully saturated rings. The molecule has 1 amide bonds. The second-order valence-electron chi connectivity index (χ2n) is 30.2. The van der Waals surface area contributed by atoms with Crippen molar-refractivity contribution in [1.82, 2.24) is 5.32 Å². The number of hydrogen-bond donors (Lipinski definition) is 6. The van der Waals surface area contributed by atoms with Gasteiger partial charge in [0.05, 0.1) is 32.0 Å². The number of esters is 1. The molecule has 98 heavy (non-hydrogen) atoms. The first-order chi connectivity index (χ1) is 48.2. The number of hydrogen-bond acceptors (Lipinski definition) is 10. The van der Waals surface area contributed by atoms with Gasteiger partial charge < -0.3 is 45.1 Å². The highest BCUT2D eigenvalue weighted by molar-refractivity contribution is 5.76. The van der Waals surface area contributed by atoms with Crippen LogP contribution in [0.5, 0.6) is 0 Å². The van der Waals surface area contributed by atoms with Crippen LogP contribution in [0.3, 0.4) is 0 Å². The summed E-state index contributed by atoms with van der Waals surface area (Å²) in [7, 11) is 0. The lowest BCUT2D eigenvalue weighted by Gasteiger charge is -2.40. The van der Waals surface area contributed by atoms with E-state index in [4.69, 9.17) is 14.2 Å². The summed E-state index contributed by atoms with van der Waals surface area (Å²) in [6.45, 7) is 4.39. The Bertz CT molecular complexity index is 1720. The van der Waals surface area contributed by atoms with Crippen molar-refractivity contribution in [2.24, 2.45) is 0 Å². The van der Waals surface area contributed by atoms with E-state index >= 15 is 0 Å². The Morgan fingerprint density at radius 3 is 1.04 bits per heavy atom. The summed E-state index contributed by atoms with van der Waals surface area (Å²) in [5.41, 5.74) is 0. The summed E-state index contributed by atoms with van der Waals surface area (Å²) < 4.78 is 16.8. The van der Waals surface area contributed by atoms with Crippen LogP contribution in [0, 0.1) is 0 Å². The number of nitrogens with one attached hydrogen (secondary N) is 1. The highest BCUT2D eigenvalue weighted by Crippen LogP contribution is 2.24. The van der Waals surface area contributed by atoms with Gasteiger partial charge in [-0.2, -0.15) is 0 Å². The smallest absolute Gasteiger partial charge is 0.305 e. The Hall–Kier alpha value is -2.12. The molecule has 0 aromatic rings. The first-order valence-corrected chi connectivity index (χ1v) is 43.3.